The Morgan fingerprint density at radius 2 is 2.00 bits per heavy atom. The summed E-state index contributed by atoms with van der Waals surface area (Å²) in [5.41, 5.74) is 1.53. The summed E-state index contributed by atoms with van der Waals surface area (Å²) in [5, 5.41) is 3.32. The molecular weight excluding hydrogens is 326 g/mol. The zero-order valence-electron chi connectivity index (χ0n) is 14.1. The number of amides is 1. The molecular formula is C19H22ClNO3. The Kier molecular flexibility index (Phi) is 6.50. The van der Waals surface area contributed by atoms with E-state index in [0.717, 1.165) is 11.3 Å². The standard InChI is InChI=1S/C19H22ClNO3/c1-13(2)12-24-18-8-7-15(11-17(18)20)21-19(22)10-14-5-4-6-16(9-14)23-3/h4-9,11,13H,10,12H2,1-3H3,(H,21,22). The molecule has 4 nitrogen and oxygen atoms in total. The van der Waals surface area contributed by atoms with E-state index in [1.807, 2.05) is 24.3 Å². The monoisotopic (exact) mass is 347 g/mol. The molecule has 5 heteroatoms. The van der Waals surface area contributed by atoms with Gasteiger partial charge >= 0.3 is 0 Å². The van der Waals surface area contributed by atoms with Crippen molar-refractivity contribution in [2.75, 3.05) is 19.0 Å². The number of rotatable bonds is 7. The van der Waals surface area contributed by atoms with Crippen LogP contribution in [-0.2, 0) is 11.2 Å². The van der Waals surface area contributed by atoms with Gasteiger partial charge in [-0.25, -0.2) is 0 Å². The molecule has 24 heavy (non-hydrogen) atoms. The lowest BCUT2D eigenvalue weighted by atomic mass is 10.1. The summed E-state index contributed by atoms with van der Waals surface area (Å²) in [7, 11) is 1.60. The number of methoxy groups -OCH3 is 1. The molecule has 0 heterocycles. The molecule has 128 valence electrons. The Hall–Kier alpha value is -2.20. The van der Waals surface area contributed by atoms with Crippen LogP contribution >= 0.6 is 11.6 Å². The summed E-state index contributed by atoms with van der Waals surface area (Å²) >= 11 is 6.20. The number of hydrogen-bond acceptors (Lipinski definition) is 3. The molecule has 0 aliphatic heterocycles. The van der Waals surface area contributed by atoms with Crippen molar-refractivity contribution >= 4 is 23.2 Å². The molecule has 0 spiro atoms. The van der Waals surface area contributed by atoms with Crippen LogP contribution in [0, 0.1) is 5.92 Å². The van der Waals surface area contributed by atoms with Crippen LogP contribution in [0.5, 0.6) is 11.5 Å². The third kappa shape index (κ3) is 5.46. The SMILES string of the molecule is COc1cccc(CC(=O)Nc2ccc(OCC(C)C)c(Cl)c2)c1. The molecule has 2 aromatic carbocycles. The molecule has 0 bridgehead atoms. The summed E-state index contributed by atoms with van der Waals surface area (Å²) in [4.78, 5) is 12.2. The fourth-order valence-corrected chi connectivity index (χ4v) is 2.36. The van der Waals surface area contributed by atoms with E-state index < -0.39 is 0 Å². The zero-order valence-corrected chi connectivity index (χ0v) is 14.9. The van der Waals surface area contributed by atoms with Gasteiger partial charge in [0.2, 0.25) is 5.91 Å². The van der Waals surface area contributed by atoms with Crippen molar-refractivity contribution in [1.29, 1.82) is 0 Å². The van der Waals surface area contributed by atoms with E-state index in [0.29, 0.717) is 29.0 Å². The fraction of sp³-hybridized carbons (Fsp3) is 0.316. The average molecular weight is 348 g/mol. The van der Waals surface area contributed by atoms with Crippen LogP contribution in [0.4, 0.5) is 5.69 Å². The van der Waals surface area contributed by atoms with Gasteiger partial charge in [0.15, 0.2) is 0 Å². The predicted octanol–water partition coefficient (Wildman–Crippen LogP) is 4.56. The van der Waals surface area contributed by atoms with Crippen LogP contribution < -0.4 is 14.8 Å². The predicted molar refractivity (Wildman–Crippen MR) is 97.1 cm³/mol. The molecule has 0 aliphatic carbocycles. The maximum Gasteiger partial charge on any atom is 0.228 e. The first kappa shape index (κ1) is 18.1. The minimum absolute atomic E-state index is 0.116. The largest absolute Gasteiger partial charge is 0.497 e. The first-order chi connectivity index (χ1) is 11.5. The topological polar surface area (TPSA) is 47.6 Å². The van der Waals surface area contributed by atoms with Crippen molar-refractivity contribution in [3.05, 3.63) is 53.1 Å². The molecule has 2 rings (SSSR count). The first-order valence-electron chi connectivity index (χ1n) is 7.83. The number of carbonyl (C=O) groups excluding carboxylic acids is 1. The Labute approximate surface area is 147 Å². The van der Waals surface area contributed by atoms with Crippen LogP contribution in [0.3, 0.4) is 0 Å². The van der Waals surface area contributed by atoms with E-state index >= 15 is 0 Å². The molecule has 0 fully saturated rings. The number of benzene rings is 2. The van der Waals surface area contributed by atoms with Gasteiger partial charge in [-0.3, -0.25) is 4.79 Å². The summed E-state index contributed by atoms with van der Waals surface area (Å²) in [6.45, 7) is 4.74. The minimum atomic E-state index is -0.116. The highest BCUT2D eigenvalue weighted by Gasteiger charge is 2.08. The zero-order chi connectivity index (χ0) is 17.5. The van der Waals surface area contributed by atoms with E-state index in [2.05, 4.69) is 19.2 Å². The van der Waals surface area contributed by atoms with Crippen LogP contribution in [0.2, 0.25) is 5.02 Å². The maximum absolute atomic E-state index is 12.2. The van der Waals surface area contributed by atoms with Crippen LogP contribution in [0.15, 0.2) is 42.5 Å². The number of carbonyl (C=O) groups is 1. The smallest absolute Gasteiger partial charge is 0.228 e. The number of hydrogen-bond donors (Lipinski definition) is 1. The molecule has 0 unspecified atom stereocenters. The van der Waals surface area contributed by atoms with Gasteiger partial charge in [-0.05, 0) is 41.8 Å². The lowest BCUT2D eigenvalue weighted by Gasteiger charge is -2.12. The fourth-order valence-electron chi connectivity index (χ4n) is 2.13. The van der Waals surface area contributed by atoms with E-state index in [4.69, 9.17) is 21.1 Å². The summed E-state index contributed by atoms with van der Waals surface area (Å²) in [5.74, 6) is 1.66. The van der Waals surface area contributed by atoms with E-state index in [1.54, 1.807) is 25.3 Å². The third-order valence-corrected chi connectivity index (χ3v) is 3.58. The number of ether oxygens (including phenoxy) is 2. The van der Waals surface area contributed by atoms with Crippen LogP contribution in [0.1, 0.15) is 19.4 Å². The number of nitrogens with one attached hydrogen (secondary N) is 1. The lowest BCUT2D eigenvalue weighted by Crippen LogP contribution is -2.14. The van der Waals surface area contributed by atoms with E-state index in [9.17, 15) is 4.79 Å². The normalized spacial score (nSPS) is 10.5. The van der Waals surface area contributed by atoms with Crippen molar-refractivity contribution in [3.63, 3.8) is 0 Å². The lowest BCUT2D eigenvalue weighted by molar-refractivity contribution is -0.115. The molecule has 2 aromatic rings. The van der Waals surface area contributed by atoms with Crippen molar-refractivity contribution in [2.24, 2.45) is 5.92 Å². The quantitative estimate of drug-likeness (QED) is 0.798. The third-order valence-electron chi connectivity index (χ3n) is 3.29. The second-order valence-corrected chi connectivity index (χ2v) is 6.33. The highest BCUT2D eigenvalue weighted by molar-refractivity contribution is 6.32. The number of halogens is 1. The first-order valence-corrected chi connectivity index (χ1v) is 8.21. The summed E-state index contributed by atoms with van der Waals surface area (Å²) in [6, 6.07) is 12.7. The van der Waals surface area contributed by atoms with Gasteiger partial charge < -0.3 is 14.8 Å². The van der Waals surface area contributed by atoms with Gasteiger partial charge in [0.25, 0.3) is 0 Å². The van der Waals surface area contributed by atoms with Gasteiger partial charge in [0, 0.05) is 5.69 Å². The Balaban J connectivity index is 1.97. The Morgan fingerprint density at radius 1 is 1.21 bits per heavy atom. The van der Waals surface area contributed by atoms with E-state index in [-0.39, 0.29) is 12.3 Å². The maximum atomic E-state index is 12.2. The molecule has 0 atom stereocenters. The van der Waals surface area contributed by atoms with Crippen molar-refractivity contribution in [3.8, 4) is 11.5 Å². The second kappa shape index (κ2) is 8.60. The van der Waals surface area contributed by atoms with Gasteiger partial charge in [0.1, 0.15) is 11.5 Å². The highest BCUT2D eigenvalue weighted by atomic mass is 35.5. The van der Waals surface area contributed by atoms with Crippen molar-refractivity contribution in [1.82, 2.24) is 0 Å². The van der Waals surface area contributed by atoms with Gasteiger partial charge in [0.05, 0.1) is 25.2 Å². The van der Waals surface area contributed by atoms with Gasteiger partial charge in [-0.1, -0.05) is 37.6 Å². The Morgan fingerprint density at radius 3 is 2.67 bits per heavy atom. The summed E-state index contributed by atoms with van der Waals surface area (Å²) < 4.78 is 10.8. The van der Waals surface area contributed by atoms with Crippen molar-refractivity contribution < 1.29 is 14.3 Å². The molecule has 1 amide bonds. The molecule has 1 N–H and O–H groups in total. The highest BCUT2D eigenvalue weighted by Crippen LogP contribution is 2.28. The second-order valence-electron chi connectivity index (χ2n) is 5.93. The molecule has 0 saturated carbocycles. The average Bonchev–Trinajstić information content (AvgIpc) is 2.54. The summed E-state index contributed by atoms with van der Waals surface area (Å²) in [6.07, 6.45) is 0.264. The molecule has 0 aliphatic rings. The number of anilines is 1. The van der Waals surface area contributed by atoms with Crippen molar-refractivity contribution in [2.45, 2.75) is 20.3 Å². The minimum Gasteiger partial charge on any atom is -0.497 e. The van der Waals surface area contributed by atoms with Crippen LogP contribution in [0.25, 0.3) is 0 Å². The Bertz CT molecular complexity index is 701. The molecule has 0 radical (unpaired) electrons. The van der Waals surface area contributed by atoms with E-state index in [1.165, 1.54) is 0 Å². The van der Waals surface area contributed by atoms with Gasteiger partial charge in [-0.15, -0.1) is 0 Å². The molecule has 0 aromatic heterocycles. The van der Waals surface area contributed by atoms with Crippen LogP contribution in [-0.4, -0.2) is 19.6 Å². The molecule has 0 saturated heterocycles. The van der Waals surface area contributed by atoms with Gasteiger partial charge in [-0.2, -0.15) is 0 Å².